The second-order valence-electron chi connectivity index (χ2n) is 5.03. The summed E-state index contributed by atoms with van der Waals surface area (Å²) >= 11 is 11.9. The lowest BCUT2D eigenvalue weighted by Crippen LogP contribution is -2.21. The standard InChI is InChI=1S/C12H16BrClS/c1-12(2)7-3-4-8(12)11(14)9-5-6-10(13)15-9/h5-6,8,11H,3-4,7H2,1-2H3. The molecule has 1 fully saturated rings. The first-order valence-corrected chi connectivity index (χ1v) is 7.44. The lowest BCUT2D eigenvalue weighted by atomic mass is 9.79. The summed E-state index contributed by atoms with van der Waals surface area (Å²) in [5, 5.41) is 0.193. The average molecular weight is 308 g/mol. The monoisotopic (exact) mass is 306 g/mol. The molecule has 2 atom stereocenters. The lowest BCUT2D eigenvalue weighted by molar-refractivity contribution is 0.253. The highest BCUT2D eigenvalue weighted by Gasteiger charge is 2.39. The van der Waals surface area contributed by atoms with Gasteiger partial charge >= 0.3 is 0 Å². The Hall–Kier alpha value is 0.470. The smallest absolute Gasteiger partial charge is 0.0712 e. The lowest BCUT2D eigenvalue weighted by Gasteiger charge is -2.30. The predicted octanol–water partition coefficient (Wildman–Crippen LogP) is 5.62. The molecule has 0 radical (unpaired) electrons. The summed E-state index contributed by atoms with van der Waals surface area (Å²) in [6, 6.07) is 4.25. The third kappa shape index (κ3) is 2.42. The number of thiophene rings is 1. The first-order valence-electron chi connectivity index (χ1n) is 5.40. The Morgan fingerprint density at radius 3 is 2.73 bits per heavy atom. The van der Waals surface area contributed by atoms with Gasteiger partial charge in [0.1, 0.15) is 0 Å². The van der Waals surface area contributed by atoms with Crippen molar-refractivity contribution in [2.24, 2.45) is 11.3 Å². The summed E-state index contributed by atoms with van der Waals surface area (Å²) in [5.41, 5.74) is 0.406. The number of rotatable bonds is 2. The zero-order valence-corrected chi connectivity index (χ0v) is 12.3. The number of halogens is 2. The molecule has 3 heteroatoms. The van der Waals surface area contributed by atoms with E-state index in [1.807, 2.05) is 0 Å². The maximum absolute atomic E-state index is 6.60. The van der Waals surface area contributed by atoms with Crippen LogP contribution in [-0.4, -0.2) is 0 Å². The zero-order chi connectivity index (χ0) is 11.1. The molecule has 0 nitrogen and oxygen atoms in total. The molecule has 0 N–H and O–H groups in total. The van der Waals surface area contributed by atoms with Crippen molar-refractivity contribution in [3.05, 3.63) is 20.8 Å². The van der Waals surface area contributed by atoms with Crippen molar-refractivity contribution >= 4 is 38.9 Å². The van der Waals surface area contributed by atoms with Crippen molar-refractivity contribution in [2.45, 2.75) is 38.5 Å². The van der Waals surface area contributed by atoms with Crippen LogP contribution in [0.25, 0.3) is 0 Å². The maximum atomic E-state index is 6.60. The van der Waals surface area contributed by atoms with Gasteiger partial charge in [-0.15, -0.1) is 22.9 Å². The first kappa shape index (κ1) is 11.9. The minimum Gasteiger partial charge on any atom is -0.132 e. The van der Waals surface area contributed by atoms with E-state index in [-0.39, 0.29) is 5.38 Å². The molecule has 0 amide bonds. The van der Waals surface area contributed by atoms with Crippen LogP contribution in [0, 0.1) is 11.3 Å². The van der Waals surface area contributed by atoms with E-state index in [1.54, 1.807) is 11.3 Å². The Morgan fingerprint density at radius 1 is 1.53 bits per heavy atom. The summed E-state index contributed by atoms with van der Waals surface area (Å²) in [6.45, 7) is 4.70. The molecule has 0 spiro atoms. The Balaban J connectivity index is 2.17. The number of hydrogen-bond acceptors (Lipinski definition) is 1. The van der Waals surface area contributed by atoms with Crippen molar-refractivity contribution < 1.29 is 0 Å². The van der Waals surface area contributed by atoms with Gasteiger partial charge in [-0.25, -0.2) is 0 Å². The van der Waals surface area contributed by atoms with E-state index in [1.165, 1.54) is 27.9 Å². The molecule has 1 aromatic heterocycles. The number of alkyl halides is 1. The molecule has 0 bridgehead atoms. The molecule has 2 rings (SSSR count). The molecule has 0 aromatic carbocycles. The molecule has 15 heavy (non-hydrogen) atoms. The van der Waals surface area contributed by atoms with Crippen LogP contribution in [0.2, 0.25) is 0 Å². The van der Waals surface area contributed by atoms with Gasteiger partial charge in [-0.3, -0.25) is 0 Å². The zero-order valence-electron chi connectivity index (χ0n) is 9.09. The van der Waals surface area contributed by atoms with E-state index in [4.69, 9.17) is 11.6 Å². The topological polar surface area (TPSA) is 0 Å². The summed E-state index contributed by atoms with van der Waals surface area (Å²) in [4.78, 5) is 1.31. The van der Waals surface area contributed by atoms with Crippen LogP contribution >= 0.6 is 38.9 Å². The highest BCUT2D eigenvalue weighted by molar-refractivity contribution is 9.11. The predicted molar refractivity (Wildman–Crippen MR) is 71.7 cm³/mol. The fourth-order valence-corrected chi connectivity index (χ4v) is 4.71. The van der Waals surface area contributed by atoms with E-state index in [9.17, 15) is 0 Å². The third-order valence-corrected chi connectivity index (χ3v) is 5.93. The molecule has 1 aliphatic rings. The summed E-state index contributed by atoms with van der Waals surface area (Å²) in [7, 11) is 0. The molecule has 84 valence electrons. The Morgan fingerprint density at radius 2 is 2.27 bits per heavy atom. The van der Waals surface area contributed by atoms with Crippen LogP contribution < -0.4 is 0 Å². The molecular weight excluding hydrogens is 292 g/mol. The van der Waals surface area contributed by atoms with Crippen molar-refractivity contribution in [1.29, 1.82) is 0 Å². The average Bonchev–Trinajstić information content (AvgIpc) is 2.70. The summed E-state index contributed by atoms with van der Waals surface area (Å²) in [5.74, 6) is 0.629. The first-order chi connectivity index (χ1) is 7.00. The molecule has 0 saturated heterocycles. The van der Waals surface area contributed by atoms with Gasteiger partial charge in [-0.1, -0.05) is 20.3 Å². The minimum absolute atomic E-state index is 0.193. The second kappa shape index (κ2) is 4.38. The Labute approximate surface area is 109 Å². The van der Waals surface area contributed by atoms with Crippen molar-refractivity contribution in [2.75, 3.05) is 0 Å². The van der Waals surface area contributed by atoms with Crippen LogP contribution in [0.5, 0.6) is 0 Å². The van der Waals surface area contributed by atoms with Gasteiger partial charge in [0.25, 0.3) is 0 Å². The van der Waals surface area contributed by atoms with Crippen LogP contribution in [0.15, 0.2) is 15.9 Å². The van der Waals surface area contributed by atoms with Crippen LogP contribution in [0.1, 0.15) is 43.4 Å². The largest absolute Gasteiger partial charge is 0.132 e. The maximum Gasteiger partial charge on any atom is 0.0712 e. The quantitative estimate of drug-likeness (QED) is 0.622. The molecule has 1 aromatic rings. The molecule has 2 unspecified atom stereocenters. The van der Waals surface area contributed by atoms with Gasteiger partial charge in [0.05, 0.1) is 9.16 Å². The fraction of sp³-hybridized carbons (Fsp3) is 0.667. The van der Waals surface area contributed by atoms with Gasteiger partial charge in [0.15, 0.2) is 0 Å². The van der Waals surface area contributed by atoms with Crippen molar-refractivity contribution in [3.63, 3.8) is 0 Å². The Bertz CT molecular complexity index is 345. The van der Waals surface area contributed by atoms with Crippen LogP contribution in [0.3, 0.4) is 0 Å². The molecule has 1 saturated carbocycles. The highest BCUT2D eigenvalue weighted by Crippen LogP contribution is 2.52. The van der Waals surface area contributed by atoms with Gasteiger partial charge in [-0.2, -0.15) is 0 Å². The van der Waals surface area contributed by atoms with Gasteiger partial charge in [0, 0.05) is 4.88 Å². The molecule has 1 aliphatic carbocycles. The summed E-state index contributed by atoms with van der Waals surface area (Å²) < 4.78 is 1.18. The SMILES string of the molecule is CC1(C)CCCC1C(Cl)c1ccc(Br)s1. The second-order valence-corrected chi connectivity index (χ2v) is 8.00. The van der Waals surface area contributed by atoms with E-state index in [0.29, 0.717) is 11.3 Å². The minimum atomic E-state index is 0.193. The van der Waals surface area contributed by atoms with Crippen molar-refractivity contribution in [3.8, 4) is 0 Å². The highest BCUT2D eigenvalue weighted by atomic mass is 79.9. The molecular formula is C12H16BrClS. The van der Waals surface area contributed by atoms with E-state index < -0.39 is 0 Å². The van der Waals surface area contributed by atoms with Gasteiger partial charge in [-0.05, 0) is 52.2 Å². The van der Waals surface area contributed by atoms with E-state index in [0.717, 1.165) is 0 Å². The Kier molecular flexibility index (Phi) is 3.49. The van der Waals surface area contributed by atoms with E-state index >= 15 is 0 Å². The van der Waals surface area contributed by atoms with Gasteiger partial charge < -0.3 is 0 Å². The summed E-state index contributed by atoms with van der Waals surface area (Å²) in [6.07, 6.45) is 3.91. The third-order valence-electron chi connectivity index (χ3n) is 3.56. The fourth-order valence-electron chi connectivity index (χ4n) is 2.57. The van der Waals surface area contributed by atoms with Crippen molar-refractivity contribution in [1.82, 2.24) is 0 Å². The van der Waals surface area contributed by atoms with Crippen LogP contribution in [0.4, 0.5) is 0 Å². The van der Waals surface area contributed by atoms with E-state index in [2.05, 4.69) is 41.9 Å². The molecule has 1 heterocycles. The molecule has 0 aliphatic heterocycles. The number of hydrogen-bond donors (Lipinski definition) is 0. The van der Waals surface area contributed by atoms with Crippen LogP contribution in [-0.2, 0) is 0 Å². The van der Waals surface area contributed by atoms with Gasteiger partial charge in [0.2, 0.25) is 0 Å². The normalized spacial score (nSPS) is 26.8.